The number of hydrogen-bond donors (Lipinski definition) is 0. The third-order valence-corrected chi connectivity index (χ3v) is 134. The van der Waals surface area contributed by atoms with Crippen LogP contribution >= 0.6 is 34.1 Å². The summed E-state index contributed by atoms with van der Waals surface area (Å²) in [6, 6.07) is 80.9. The summed E-state index contributed by atoms with van der Waals surface area (Å²) in [4.78, 5) is 0. The zero-order valence-corrected chi connectivity index (χ0v) is 60.9. The Balaban J connectivity index is 1.07. The molecular formula is C78H74Cl4Si2Zr2. The fourth-order valence-corrected chi connectivity index (χ4v) is 139. The first-order valence-corrected chi connectivity index (χ1v) is 67.9. The molecule has 0 saturated carbocycles. The summed E-state index contributed by atoms with van der Waals surface area (Å²) in [6.45, 7) is 11.6. The van der Waals surface area contributed by atoms with Crippen LogP contribution in [0.25, 0.3) is 90.4 Å². The molecule has 0 nitrogen and oxygen atoms in total. The van der Waals surface area contributed by atoms with Crippen LogP contribution in [0.4, 0.5) is 0 Å². The number of fused-ring (bicyclic) bond motifs is 6. The Labute approximate surface area is 521 Å². The molecule has 0 bridgehead atoms. The Morgan fingerprint density at radius 2 is 0.628 bits per heavy atom. The van der Waals surface area contributed by atoms with Crippen LogP contribution in [0.2, 0.25) is 21.4 Å². The molecule has 4 unspecified atom stereocenters. The Bertz CT molecular complexity index is 4330. The van der Waals surface area contributed by atoms with Crippen LogP contribution in [0.3, 0.4) is 0 Å². The second kappa shape index (κ2) is 20.8. The van der Waals surface area contributed by atoms with E-state index in [4.69, 9.17) is 0 Å². The summed E-state index contributed by atoms with van der Waals surface area (Å²) < 4.78 is 0.366. The topological polar surface area (TPSA) is 0 Å². The molecule has 0 saturated heterocycles. The van der Waals surface area contributed by atoms with Gasteiger partial charge in [0, 0.05) is 0 Å². The molecule has 0 amide bonds. The fraction of sp³-hybridized carbons (Fsp3) is 0.179. The average molecular weight is 1390 g/mol. The molecule has 4 aliphatic carbocycles. The van der Waals surface area contributed by atoms with Crippen LogP contribution in [0, 0.1) is 0 Å². The van der Waals surface area contributed by atoms with Crippen molar-refractivity contribution in [2.24, 2.45) is 0 Å². The van der Waals surface area contributed by atoms with Crippen LogP contribution in [0.1, 0.15) is 99.5 Å². The molecule has 0 aromatic heterocycles. The molecule has 14 rings (SSSR count). The van der Waals surface area contributed by atoms with Gasteiger partial charge < -0.3 is 0 Å². The van der Waals surface area contributed by atoms with Crippen LogP contribution < -0.4 is 0 Å². The monoisotopic (exact) mass is 1390 g/mol. The van der Waals surface area contributed by atoms with Crippen molar-refractivity contribution in [3.63, 3.8) is 0 Å². The molecule has 4 aliphatic rings. The second-order valence-corrected chi connectivity index (χ2v) is 133. The van der Waals surface area contributed by atoms with Gasteiger partial charge in [0.2, 0.25) is 0 Å². The molecule has 0 radical (unpaired) electrons. The van der Waals surface area contributed by atoms with Crippen molar-refractivity contribution in [2.75, 3.05) is 0 Å². The zero-order valence-electron chi connectivity index (χ0n) is 50.2. The Morgan fingerprint density at radius 1 is 0.326 bits per heavy atom. The second-order valence-electron chi connectivity index (χ2n) is 26.4. The van der Waals surface area contributed by atoms with Crippen molar-refractivity contribution in [1.82, 2.24) is 0 Å². The van der Waals surface area contributed by atoms with E-state index in [1.165, 1.54) is 133 Å². The van der Waals surface area contributed by atoms with E-state index in [-0.39, 0.29) is 14.5 Å². The maximum absolute atomic E-state index is 10.2. The van der Waals surface area contributed by atoms with Gasteiger partial charge in [0.05, 0.1) is 0 Å². The van der Waals surface area contributed by atoms with Crippen molar-refractivity contribution in [1.29, 1.82) is 0 Å². The zero-order chi connectivity index (χ0) is 59.5. The molecule has 10 aromatic rings. The number of hydrogen-bond acceptors (Lipinski definition) is 0. The normalized spacial score (nSPS) is 19.8. The van der Waals surface area contributed by atoms with Gasteiger partial charge in [0.1, 0.15) is 0 Å². The fourth-order valence-electron chi connectivity index (χ4n) is 18.5. The van der Waals surface area contributed by atoms with Gasteiger partial charge in [-0.25, -0.2) is 0 Å². The molecule has 0 aliphatic heterocycles. The van der Waals surface area contributed by atoms with Gasteiger partial charge in [0.15, 0.2) is 0 Å². The number of benzene rings is 10. The van der Waals surface area contributed by atoms with Crippen molar-refractivity contribution < 1.29 is 28.1 Å². The summed E-state index contributed by atoms with van der Waals surface area (Å²) in [6.07, 6.45) is 11.7. The van der Waals surface area contributed by atoms with Crippen molar-refractivity contribution in [2.45, 2.75) is 76.4 Å². The van der Waals surface area contributed by atoms with Crippen molar-refractivity contribution in [3.05, 3.63) is 285 Å². The third kappa shape index (κ3) is 8.50. The minimum absolute atomic E-state index is 0.209. The van der Waals surface area contributed by atoms with Gasteiger partial charge in [-0.3, -0.25) is 0 Å². The van der Waals surface area contributed by atoms with E-state index in [1.54, 1.807) is 0 Å². The van der Waals surface area contributed by atoms with E-state index in [1.807, 2.05) is 0 Å². The molecule has 0 N–H and O–H groups in total. The first-order valence-electron chi connectivity index (χ1n) is 31.4. The predicted molar refractivity (Wildman–Crippen MR) is 379 cm³/mol. The maximum atomic E-state index is 10.2. The molecule has 10 aromatic carbocycles. The van der Waals surface area contributed by atoms with Crippen LogP contribution in [-0.4, -0.2) is 13.3 Å². The summed E-state index contributed by atoms with van der Waals surface area (Å²) in [5.41, 5.74) is 25.1. The molecule has 0 heterocycles. The number of rotatable bonds is 15. The minimum atomic E-state index is -6.52. The van der Waals surface area contributed by atoms with E-state index >= 15 is 0 Å². The van der Waals surface area contributed by atoms with Crippen molar-refractivity contribution in [3.8, 4) is 44.5 Å². The van der Waals surface area contributed by atoms with Crippen LogP contribution in [-0.2, 0) is 28.1 Å². The Hall–Kier alpha value is -4.96. The van der Waals surface area contributed by atoms with Gasteiger partial charge in [-0.15, -0.1) is 0 Å². The van der Waals surface area contributed by atoms with E-state index < -0.39 is 41.4 Å². The van der Waals surface area contributed by atoms with Crippen LogP contribution in [0.5, 0.6) is 0 Å². The molecular weight excluding hydrogens is 1320 g/mol. The summed E-state index contributed by atoms with van der Waals surface area (Å²) in [7, 11) is 40.8. The molecule has 8 heteroatoms. The average Bonchev–Trinajstić information content (AvgIpc) is 1.11. The molecule has 86 heavy (non-hydrogen) atoms. The SMILES string of the molecule is CCC1=Cc2c(-c3cccc4ccccc34)cccc2[CH]1[Zr]([Cl])([Cl])([CH2][CH2][Zr]([Cl])([Cl])([SiH2]C)([CH]1C(C)=Cc2c(-c3ccccc3)cccc21)[CH]1C(CC)=Cc2c(-c3cccc4ccccc34)cccc21)([SiH2]C)[CH]1C(C)=Cc2c(-c3ccccc3)cccc21. The summed E-state index contributed by atoms with van der Waals surface area (Å²) in [5, 5.41) is 4.94. The quantitative estimate of drug-likeness (QED) is 0.0898. The van der Waals surface area contributed by atoms with Gasteiger partial charge in [-0.05, 0) is 0 Å². The van der Waals surface area contributed by atoms with E-state index in [0.29, 0.717) is 8.26 Å². The van der Waals surface area contributed by atoms with Gasteiger partial charge >= 0.3 is 527 Å². The molecule has 0 fully saturated rings. The number of allylic oxidation sites excluding steroid dienone is 4. The van der Waals surface area contributed by atoms with Gasteiger partial charge in [-0.1, -0.05) is 0 Å². The molecule has 4 atom stereocenters. The van der Waals surface area contributed by atoms with Gasteiger partial charge in [-0.2, -0.15) is 0 Å². The van der Waals surface area contributed by atoms with Gasteiger partial charge in [0.25, 0.3) is 0 Å². The number of halogens is 4. The summed E-state index contributed by atoms with van der Waals surface area (Å²) in [5.74, 6) is 0. The van der Waals surface area contributed by atoms with Crippen LogP contribution in [0.15, 0.2) is 241 Å². The molecule has 430 valence electrons. The Kier molecular flexibility index (Phi) is 14.2. The van der Waals surface area contributed by atoms with Crippen molar-refractivity contribution >= 4 is 93.2 Å². The van der Waals surface area contributed by atoms with E-state index in [9.17, 15) is 34.1 Å². The standard InChI is InChI=1S/2C21H17.2C16H13.C2H4.2CH5Si.4ClH.2Zr/c2*1-2-15-13-17-9-6-12-20(21(17)14-15)19-11-5-8-16-7-3-4-10-18(16)19;2*1-12-10-14-8-5-9-15(16(14)11-12)13-6-3-2-4-7-13;3*1-2;;;;;;/h2*3-14H,2H2,1H3;2*2-11H,1H3;1-2H2;2*2H2,1H3;4*1H;;/q;;;;;;;;;;;2*+2/p-4. The van der Waals surface area contributed by atoms with E-state index in [2.05, 4.69) is 283 Å². The third-order valence-electron chi connectivity index (χ3n) is 22.5. The molecule has 0 spiro atoms. The summed E-state index contributed by atoms with van der Waals surface area (Å²) >= 11 is -13.0. The van der Waals surface area contributed by atoms with E-state index in [0.717, 1.165) is 12.8 Å². The Morgan fingerprint density at radius 3 is 1.00 bits per heavy atom. The first kappa shape index (κ1) is 58.7. The predicted octanol–water partition coefficient (Wildman–Crippen LogP) is 23.5. The first-order chi connectivity index (χ1) is 41.5.